The molecule has 0 saturated carbocycles. The number of halogens is 1. The highest BCUT2D eigenvalue weighted by Gasteiger charge is 1.99. The number of rotatable bonds is 3. The average Bonchev–Trinajstić information content (AvgIpc) is 2.29. The number of nitrogens with zero attached hydrogens (tertiary/aromatic N) is 1. The van der Waals surface area contributed by atoms with E-state index in [1.165, 1.54) is 6.21 Å². The number of hydrogen-bond acceptors (Lipinski definition) is 3. The fourth-order valence-corrected chi connectivity index (χ4v) is 0.989. The van der Waals surface area contributed by atoms with E-state index >= 15 is 0 Å². The van der Waals surface area contributed by atoms with E-state index in [4.69, 9.17) is 12.2 Å². The molecule has 2 N–H and O–H groups in total. The van der Waals surface area contributed by atoms with E-state index in [0.29, 0.717) is 5.56 Å². The summed E-state index contributed by atoms with van der Waals surface area (Å²) < 4.78 is 2.49. The van der Waals surface area contributed by atoms with Gasteiger partial charge in [0.25, 0.3) is 0 Å². The number of hydrogen-bond donors (Lipinski definition) is 2. The molecule has 0 aliphatic rings. The lowest BCUT2D eigenvalue weighted by Crippen LogP contribution is -2.24. The van der Waals surface area contributed by atoms with Gasteiger partial charge < -0.3 is 0 Å². The van der Waals surface area contributed by atoms with E-state index in [1.807, 2.05) is 6.07 Å². The lowest BCUT2D eigenvalue weighted by Gasteiger charge is -1.97. The molecule has 0 aliphatic carbocycles. The summed E-state index contributed by atoms with van der Waals surface area (Å²) in [7, 11) is 0. The summed E-state index contributed by atoms with van der Waals surface area (Å²) in [6, 6.07) is 8.86. The van der Waals surface area contributed by atoms with Crippen LogP contribution < -0.4 is 9.77 Å². The second-order valence-electron chi connectivity index (χ2n) is 2.52. The minimum Gasteiger partial charge on any atom is -0.298 e. The fraction of sp³-hybridized carbons (Fsp3) is 0. The summed E-state index contributed by atoms with van der Waals surface area (Å²) in [5, 5.41) is 3.94. The van der Waals surface area contributed by atoms with E-state index in [0.717, 1.165) is 0 Å². The Bertz CT molecular complexity index is 380. The van der Waals surface area contributed by atoms with E-state index in [-0.39, 0.29) is 10.9 Å². The molecule has 0 radical (unpaired) electrons. The molecule has 1 rings (SSSR count). The van der Waals surface area contributed by atoms with Crippen molar-refractivity contribution in [3.8, 4) is 0 Å². The van der Waals surface area contributed by atoms with Crippen molar-refractivity contribution in [2.75, 3.05) is 0 Å². The van der Waals surface area contributed by atoms with E-state index in [1.54, 1.807) is 24.3 Å². The van der Waals surface area contributed by atoms with Crippen LogP contribution in [0.1, 0.15) is 10.4 Å². The molecule has 6 heteroatoms. The van der Waals surface area contributed by atoms with Crippen LogP contribution in [0.15, 0.2) is 35.4 Å². The van der Waals surface area contributed by atoms with Crippen molar-refractivity contribution in [3.63, 3.8) is 0 Å². The zero-order valence-electron chi connectivity index (χ0n) is 7.61. The molecule has 0 aromatic heterocycles. The maximum atomic E-state index is 11.4. The van der Waals surface area contributed by atoms with Crippen LogP contribution >= 0.6 is 28.4 Å². The maximum absolute atomic E-state index is 11.4. The van der Waals surface area contributed by atoms with Crippen molar-refractivity contribution < 1.29 is 4.79 Å². The molecular formula is C9H8BrN3OS. The first-order chi connectivity index (χ1) is 7.24. The lowest BCUT2D eigenvalue weighted by atomic mass is 10.1. The van der Waals surface area contributed by atoms with Crippen LogP contribution in [0.2, 0.25) is 0 Å². The monoisotopic (exact) mass is 285 g/mol. The number of Topliss-reactive ketones (excluding diaryl/α,β-unsaturated/α-hetero) is 1. The molecule has 1 aromatic carbocycles. The van der Waals surface area contributed by atoms with Crippen LogP contribution in [0, 0.1) is 0 Å². The summed E-state index contributed by atoms with van der Waals surface area (Å²) in [5.74, 6) is -0.180. The first-order valence-corrected chi connectivity index (χ1v) is 5.23. The molecule has 1 aromatic rings. The van der Waals surface area contributed by atoms with Crippen LogP contribution in [0.3, 0.4) is 0 Å². The molecule has 4 nitrogen and oxygen atoms in total. The third-order valence-corrected chi connectivity index (χ3v) is 2.34. The van der Waals surface area contributed by atoms with E-state index in [2.05, 4.69) is 31.0 Å². The van der Waals surface area contributed by atoms with Crippen molar-refractivity contribution in [1.29, 1.82) is 0 Å². The van der Waals surface area contributed by atoms with Crippen molar-refractivity contribution in [3.05, 3.63) is 35.9 Å². The van der Waals surface area contributed by atoms with Gasteiger partial charge in [-0.25, -0.2) is 0 Å². The van der Waals surface area contributed by atoms with Gasteiger partial charge in [-0.3, -0.25) is 14.6 Å². The summed E-state index contributed by atoms with van der Waals surface area (Å²) in [5.41, 5.74) is 3.04. The second kappa shape index (κ2) is 6.26. The van der Waals surface area contributed by atoms with Gasteiger partial charge in [-0.2, -0.15) is 5.10 Å². The second-order valence-corrected chi connectivity index (χ2v) is 3.33. The molecule has 0 fully saturated rings. The third kappa shape index (κ3) is 4.18. The van der Waals surface area contributed by atoms with Gasteiger partial charge in [0.1, 0.15) is 0 Å². The predicted octanol–water partition coefficient (Wildman–Crippen LogP) is 1.63. The molecule has 0 bridgehead atoms. The van der Waals surface area contributed by atoms with Crippen LogP contribution in [0.4, 0.5) is 0 Å². The molecule has 0 unspecified atom stereocenters. The quantitative estimate of drug-likeness (QED) is 0.291. The minimum atomic E-state index is -0.180. The highest BCUT2D eigenvalue weighted by molar-refractivity contribution is 9.08. The number of benzene rings is 1. The molecule has 0 spiro atoms. The van der Waals surface area contributed by atoms with Crippen LogP contribution in [0.25, 0.3) is 0 Å². The maximum Gasteiger partial charge on any atom is 0.205 e. The number of nitrogens with one attached hydrogen (secondary N) is 2. The van der Waals surface area contributed by atoms with Gasteiger partial charge in [0.15, 0.2) is 5.11 Å². The number of carbonyl (C=O) groups is 1. The van der Waals surface area contributed by atoms with Gasteiger partial charge in [0.05, 0.1) is 6.21 Å². The summed E-state index contributed by atoms with van der Waals surface area (Å²) >= 11 is 7.64. The van der Waals surface area contributed by atoms with E-state index < -0.39 is 0 Å². The summed E-state index contributed by atoms with van der Waals surface area (Å²) in [6.45, 7) is 0. The standard InChI is InChI=1S/C9H8BrN3OS/c10-12-9(15)13-11-6-8(14)7-4-2-1-3-5-7/h1-6H,(H2,12,13,15)/b11-6+. The Balaban J connectivity index is 2.53. The molecular weight excluding hydrogens is 278 g/mol. The minimum absolute atomic E-state index is 0.180. The van der Waals surface area contributed by atoms with E-state index in [9.17, 15) is 4.79 Å². The summed E-state index contributed by atoms with van der Waals surface area (Å²) in [6.07, 6.45) is 1.17. The molecule has 15 heavy (non-hydrogen) atoms. The molecule has 0 aliphatic heterocycles. The number of carbonyl (C=O) groups excluding carboxylic acids is 1. The van der Waals surface area contributed by atoms with Crippen LogP contribution in [0.5, 0.6) is 0 Å². The Morgan fingerprint density at radius 2 is 2.07 bits per heavy atom. The Morgan fingerprint density at radius 1 is 1.40 bits per heavy atom. The first kappa shape index (κ1) is 11.8. The highest BCUT2D eigenvalue weighted by atomic mass is 79.9. The Hall–Kier alpha value is -1.27. The molecule has 0 saturated heterocycles. The predicted molar refractivity (Wildman–Crippen MR) is 67.1 cm³/mol. The third-order valence-electron chi connectivity index (χ3n) is 1.49. The van der Waals surface area contributed by atoms with Crippen LogP contribution in [-0.4, -0.2) is 17.1 Å². The first-order valence-electron chi connectivity index (χ1n) is 4.03. The largest absolute Gasteiger partial charge is 0.298 e. The van der Waals surface area contributed by atoms with Crippen molar-refractivity contribution in [2.45, 2.75) is 0 Å². The zero-order valence-corrected chi connectivity index (χ0v) is 10.0. The van der Waals surface area contributed by atoms with Crippen molar-refractivity contribution >= 4 is 45.5 Å². The fourth-order valence-electron chi connectivity index (χ4n) is 0.848. The Labute approximate surface area is 101 Å². The average molecular weight is 286 g/mol. The van der Waals surface area contributed by atoms with Gasteiger partial charge in [-0.15, -0.1) is 0 Å². The molecule has 78 valence electrons. The molecule has 0 atom stereocenters. The normalized spacial score (nSPS) is 9.93. The molecule has 0 heterocycles. The van der Waals surface area contributed by atoms with Crippen LogP contribution in [-0.2, 0) is 0 Å². The van der Waals surface area contributed by atoms with Gasteiger partial charge in [0, 0.05) is 21.7 Å². The van der Waals surface area contributed by atoms with Gasteiger partial charge >= 0.3 is 0 Å². The van der Waals surface area contributed by atoms with Gasteiger partial charge in [0.2, 0.25) is 5.78 Å². The number of ketones is 1. The Kier molecular flexibility index (Phi) is 4.92. The van der Waals surface area contributed by atoms with Gasteiger partial charge in [-0.05, 0) is 12.2 Å². The SMILES string of the molecule is O=C(/C=N/NC(=S)NBr)c1ccccc1. The van der Waals surface area contributed by atoms with Gasteiger partial charge in [-0.1, -0.05) is 30.3 Å². The number of thiocarbonyl (C=S) groups is 1. The van der Waals surface area contributed by atoms with Crippen molar-refractivity contribution in [2.24, 2.45) is 5.10 Å². The lowest BCUT2D eigenvalue weighted by molar-refractivity contribution is 0.107. The smallest absolute Gasteiger partial charge is 0.205 e. The highest BCUT2D eigenvalue weighted by Crippen LogP contribution is 1.97. The molecule has 0 amide bonds. The van der Waals surface area contributed by atoms with Crippen molar-refractivity contribution in [1.82, 2.24) is 9.77 Å². The number of hydrazone groups is 1. The topological polar surface area (TPSA) is 53.5 Å². The zero-order chi connectivity index (χ0) is 11.1. The Morgan fingerprint density at radius 3 is 2.67 bits per heavy atom. The summed E-state index contributed by atoms with van der Waals surface area (Å²) in [4.78, 5) is 11.4.